The molecule has 1 amide bonds. The maximum atomic E-state index is 12.1. The molecule has 0 spiro atoms. The second-order valence-electron chi connectivity index (χ2n) is 3.74. The van der Waals surface area contributed by atoms with E-state index in [0.29, 0.717) is 16.3 Å². The van der Waals surface area contributed by atoms with Gasteiger partial charge in [-0.2, -0.15) is 0 Å². The molecule has 98 valence electrons. The van der Waals surface area contributed by atoms with Crippen molar-refractivity contribution in [1.82, 2.24) is 0 Å². The molecule has 6 heteroatoms. The Labute approximate surface area is 133 Å². The maximum absolute atomic E-state index is 12.1. The van der Waals surface area contributed by atoms with Crippen molar-refractivity contribution in [3.63, 3.8) is 0 Å². The SMILES string of the molecule is O=C(Nc1ccc(O)cc1Cl)c1cc(Cl)ccc1I. The van der Waals surface area contributed by atoms with Crippen molar-refractivity contribution < 1.29 is 9.90 Å². The minimum Gasteiger partial charge on any atom is -0.508 e. The molecule has 2 aromatic rings. The number of hydrogen-bond donors (Lipinski definition) is 2. The third-order valence-corrected chi connectivity index (χ3v) is 3.86. The lowest BCUT2D eigenvalue weighted by atomic mass is 10.2. The van der Waals surface area contributed by atoms with E-state index in [1.807, 2.05) is 0 Å². The Kier molecular flexibility index (Phi) is 4.54. The van der Waals surface area contributed by atoms with Gasteiger partial charge in [-0.1, -0.05) is 23.2 Å². The van der Waals surface area contributed by atoms with Crippen LogP contribution < -0.4 is 5.32 Å². The number of phenols is 1. The number of nitrogens with one attached hydrogen (secondary N) is 1. The molecule has 2 aromatic carbocycles. The van der Waals surface area contributed by atoms with Gasteiger partial charge in [0.1, 0.15) is 5.75 Å². The minimum absolute atomic E-state index is 0.0420. The fourth-order valence-corrected chi connectivity index (χ4v) is 2.44. The van der Waals surface area contributed by atoms with Crippen molar-refractivity contribution in [3.8, 4) is 5.75 Å². The zero-order valence-corrected chi connectivity index (χ0v) is 13.1. The molecule has 0 atom stereocenters. The van der Waals surface area contributed by atoms with Crippen molar-refractivity contribution in [2.45, 2.75) is 0 Å². The summed E-state index contributed by atoms with van der Waals surface area (Å²) in [5, 5.41) is 12.7. The van der Waals surface area contributed by atoms with E-state index in [2.05, 4.69) is 27.9 Å². The average Bonchev–Trinajstić information content (AvgIpc) is 2.35. The van der Waals surface area contributed by atoms with E-state index in [0.717, 1.165) is 3.57 Å². The van der Waals surface area contributed by atoms with Crippen LogP contribution in [-0.4, -0.2) is 11.0 Å². The second-order valence-corrected chi connectivity index (χ2v) is 5.75. The van der Waals surface area contributed by atoms with Gasteiger partial charge in [0.05, 0.1) is 16.3 Å². The molecule has 0 aliphatic carbocycles. The van der Waals surface area contributed by atoms with E-state index < -0.39 is 0 Å². The molecule has 0 saturated heterocycles. The molecule has 0 bridgehead atoms. The van der Waals surface area contributed by atoms with Gasteiger partial charge in [0.2, 0.25) is 0 Å². The van der Waals surface area contributed by atoms with Crippen LogP contribution in [0.15, 0.2) is 36.4 Å². The zero-order valence-electron chi connectivity index (χ0n) is 9.45. The van der Waals surface area contributed by atoms with Crippen LogP contribution in [0.25, 0.3) is 0 Å². The van der Waals surface area contributed by atoms with E-state index in [4.69, 9.17) is 23.2 Å². The van der Waals surface area contributed by atoms with Crippen molar-refractivity contribution in [2.75, 3.05) is 5.32 Å². The predicted molar refractivity (Wildman–Crippen MR) is 85.2 cm³/mol. The van der Waals surface area contributed by atoms with Crippen LogP contribution in [0, 0.1) is 3.57 Å². The number of phenolic OH excluding ortho intramolecular Hbond substituents is 1. The second kappa shape index (κ2) is 5.98. The summed E-state index contributed by atoms with van der Waals surface area (Å²) in [4.78, 5) is 12.1. The largest absolute Gasteiger partial charge is 0.508 e. The summed E-state index contributed by atoms with van der Waals surface area (Å²) in [5.41, 5.74) is 0.900. The third-order valence-electron chi connectivity index (χ3n) is 2.37. The Bertz CT molecular complexity index is 647. The highest BCUT2D eigenvalue weighted by atomic mass is 127. The first kappa shape index (κ1) is 14.4. The summed E-state index contributed by atoms with van der Waals surface area (Å²) in [5.74, 6) is -0.264. The third kappa shape index (κ3) is 3.52. The van der Waals surface area contributed by atoms with Gasteiger partial charge in [0.25, 0.3) is 5.91 Å². The number of aromatic hydroxyl groups is 1. The summed E-state index contributed by atoms with van der Waals surface area (Å²) in [6, 6.07) is 9.41. The van der Waals surface area contributed by atoms with E-state index in [9.17, 15) is 9.90 Å². The highest BCUT2D eigenvalue weighted by molar-refractivity contribution is 14.1. The fourth-order valence-electron chi connectivity index (χ4n) is 1.47. The summed E-state index contributed by atoms with van der Waals surface area (Å²) >= 11 is 13.9. The maximum Gasteiger partial charge on any atom is 0.256 e. The first-order valence-electron chi connectivity index (χ1n) is 5.22. The summed E-state index contributed by atoms with van der Waals surface area (Å²) in [7, 11) is 0. The molecule has 2 rings (SSSR count). The summed E-state index contributed by atoms with van der Waals surface area (Å²) in [6.45, 7) is 0. The number of carbonyl (C=O) groups excluding carboxylic acids is 1. The molecule has 0 aliphatic rings. The van der Waals surface area contributed by atoms with Crippen molar-refractivity contribution in [3.05, 3.63) is 55.6 Å². The smallest absolute Gasteiger partial charge is 0.256 e. The Morgan fingerprint density at radius 1 is 1.16 bits per heavy atom. The Balaban J connectivity index is 2.28. The number of amides is 1. The van der Waals surface area contributed by atoms with Crippen molar-refractivity contribution in [2.24, 2.45) is 0 Å². The number of halogens is 3. The van der Waals surface area contributed by atoms with Crippen LogP contribution in [0.3, 0.4) is 0 Å². The summed E-state index contributed by atoms with van der Waals surface area (Å²) < 4.78 is 0.786. The Morgan fingerprint density at radius 2 is 1.89 bits per heavy atom. The molecular weight excluding hydrogens is 400 g/mol. The first-order chi connectivity index (χ1) is 8.97. The van der Waals surface area contributed by atoms with Crippen LogP contribution in [0.4, 0.5) is 5.69 Å². The molecule has 0 unspecified atom stereocenters. The van der Waals surface area contributed by atoms with Gasteiger partial charge in [-0.25, -0.2) is 0 Å². The quantitative estimate of drug-likeness (QED) is 0.566. The Morgan fingerprint density at radius 3 is 2.58 bits per heavy atom. The van der Waals surface area contributed by atoms with Crippen LogP contribution in [0.5, 0.6) is 5.75 Å². The number of hydrogen-bond acceptors (Lipinski definition) is 2. The molecule has 0 heterocycles. The van der Waals surface area contributed by atoms with Gasteiger partial charge in [0.15, 0.2) is 0 Å². The van der Waals surface area contributed by atoms with Crippen molar-refractivity contribution in [1.29, 1.82) is 0 Å². The first-order valence-corrected chi connectivity index (χ1v) is 7.06. The lowest BCUT2D eigenvalue weighted by Gasteiger charge is -2.09. The highest BCUT2D eigenvalue weighted by Gasteiger charge is 2.12. The average molecular weight is 408 g/mol. The number of rotatable bonds is 2. The van der Waals surface area contributed by atoms with E-state index >= 15 is 0 Å². The van der Waals surface area contributed by atoms with Crippen LogP contribution >= 0.6 is 45.8 Å². The van der Waals surface area contributed by atoms with Crippen LogP contribution in [-0.2, 0) is 0 Å². The molecular formula is C13H8Cl2INO2. The molecule has 0 saturated carbocycles. The minimum atomic E-state index is -0.306. The molecule has 0 aromatic heterocycles. The Hall–Kier alpha value is -0.980. The fraction of sp³-hybridized carbons (Fsp3) is 0. The predicted octanol–water partition coefficient (Wildman–Crippen LogP) is 4.56. The summed E-state index contributed by atoms with van der Waals surface area (Å²) in [6.07, 6.45) is 0. The normalized spacial score (nSPS) is 10.3. The van der Waals surface area contributed by atoms with E-state index in [1.165, 1.54) is 18.2 Å². The van der Waals surface area contributed by atoms with Gasteiger partial charge in [-0.15, -0.1) is 0 Å². The topological polar surface area (TPSA) is 49.3 Å². The van der Waals surface area contributed by atoms with Gasteiger partial charge in [0, 0.05) is 14.7 Å². The van der Waals surface area contributed by atoms with E-state index in [1.54, 1.807) is 18.2 Å². The van der Waals surface area contributed by atoms with E-state index in [-0.39, 0.29) is 16.7 Å². The molecule has 0 fully saturated rings. The zero-order chi connectivity index (χ0) is 14.0. The number of carbonyl (C=O) groups is 1. The monoisotopic (exact) mass is 407 g/mol. The van der Waals surface area contributed by atoms with Crippen LogP contribution in [0.2, 0.25) is 10.0 Å². The van der Waals surface area contributed by atoms with Crippen molar-refractivity contribution >= 4 is 57.4 Å². The molecule has 19 heavy (non-hydrogen) atoms. The molecule has 2 N–H and O–H groups in total. The lowest BCUT2D eigenvalue weighted by molar-refractivity contribution is 0.102. The van der Waals surface area contributed by atoms with Gasteiger partial charge < -0.3 is 10.4 Å². The number of anilines is 1. The van der Waals surface area contributed by atoms with Gasteiger partial charge in [-0.05, 0) is 52.9 Å². The molecule has 3 nitrogen and oxygen atoms in total. The molecule has 0 aliphatic heterocycles. The standard InChI is InChI=1S/C13H8Cl2INO2/c14-7-1-3-11(16)9(5-7)13(19)17-12-4-2-8(18)6-10(12)15/h1-6,18H,(H,17,19). The van der Waals surface area contributed by atoms with Gasteiger partial charge in [-0.3, -0.25) is 4.79 Å². The highest BCUT2D eigenvalue weighted by Crippen LogP contribution is 2.27. The molecule has 0 radical (unpaired) electrons. The van der Waals surface area contributed by atoms with Gasteiger partial charge >= 0.3 is 0 Å². The van der Waals surface area contributed by atoms with Crippen LogP contribution in [0.1, 0.15) is 10.4 Å². The number of benzene rings is 2. The lowest BCUT2D eigenvalue weighted by Crippen LogP contribution is -2.13.